The molecule has 0 unspecified atom stereocenters. The van der Waals surface area contributed by atoms with E-state index in [1.807, 2.05) is 0 Å². The molecule has 2 rings (SSSR count). The zero-order valence-corrected chi connectivity index (χ0v) is 30.7. The summed E-state index contributed by atoms with van der Waals surface area (Å²) < 4.78 is 11.4. The maximum Gasteiger partial charge on any atom is 0.355 e. The Labute approximate surface area is 320 Å². The van der Waals surface area contributed by atoms with Gasteiger partial charge in [-0.15, -0.1) is 0 Å². The van der Waals surface area contributed by atoms with Crippen LogP contribution in [0.25, 0.3) is 0 Å². The van der Waals surface area contributed by atoms with Crippen molar-refractivity contribution in [3.8, 4) is 0 Å². The van der Waals surface area contributed by atoms with Crippen LogP contribution in [-0.2, 0) is 38.2 Å². The third kappa shape index (κ3) is 13.4. The highest BCUT2D eigenvalue weighted by Gasteiger charge is 2.54. The molecule has 2 aliphatic carbocycles. The summed E-state index contributed by atoms with van der Waals surface area (Å²) in [6.07, 6.45) is -8.52. The number of carbonyl (C=O) groups excluding carboxylic acids is 4. The lowest BCUT2D eigenvalue weighted by molar-refractivity contribution is -0.150. The number of carbonyl (C=O) groups is 6. The number of carboxylic acid groups (broad SMARTS) is 2. The van der Waals surface area contributed by atoms with Crippen LogP contribution in [0.2, 0.25) is 0 Å². The Morgan fingerprint density at radius 3 is 1.50 bits per heavy atom. The highest BCUT2D eigenvalue weighted by atomic mass is 16.5. The first-order chi connectivity index (χ1) is 26.2. The van der Waals surface area contributed by atoms with Crippen LogP contribution in [0.4, 0.5) is 0 Å². The van der Waals surface area contributed by atoms with Crippen LogP contribution >= 0.6 is 0 Å². The van der Waals surface area contributed by atoms with Gasteiger partial charge in [-0.3, -0.25) is 39.6 Å². The van der Waals surface area contributed by atoms with Gasteiger partial charge in [0.2, 0.25) is 23.6 Å². The van der Waals surface area contributed by atoms with Crippen LogP contribution in [0.3, 0.4) is 0 Å². The molecule has 2 fully saturated rings. The lowest BCUT2D eigenvalue weighted by Crippen LogP contribution is -2.60. The van der Waals surface area contributed by atoms with E-state index in [1.54, 1.807) is 0 Å². The maximum absolute atomic E-state index is 12.8. The first-order valence-electron chi connectivity index (χ1n) is 17.5. The summed E-state index contributed by atoms with van der Waals surface area (Å²) in [6, 6.07) is -4.66. The van der Waals surface area contributed by atoms with Crippen LogP contribution in [0.5, 0.6) is 0 Å². The minimum absolute atomic E-state index is 0.188. The molecule has 0 spiro atoms. The molecular formula is C30H53BN10O15. The molecule has 0 heterocycles. The standard InChI is InChI=1S/C30H53BN10O15/c1-10(44)36-22(16(46)3-4-42)20-14(38-29(32)33)5-12(27(51)52)25(20)55-8-18(48)40-31-41-19(49)9-56-26-13(28(53)54)6-15(39-30(34)35)21(26)23(37-11(2)45)24(50)17(47)7-43/h12-17,20-26,31,42-43,46-47,50H,3-9H2,1-2H3,(H,36,44)(H,37,45)(H,40,48)(H,41,49)(H,51,52)(H,53,54)(H4,32,33,38)(H4,34,35,39)/t12-,13-,14+,15+,16-,17-,20+,21+,22+,23-,24-,25+,26+/m0/s1. The van der Waals surface area contributed by atoms with Crippen LogP contribution in [-0.4, -0.2) is 172 Å². The Morgan fingerprint density at radius 2 is 1.14 bits per heavy atom. The number of guanidine groups is 2. The van der Waals surface area contributed by atoms with Gasteiger partial charge in [0.15, 0.2) is 11.9 Å². The fraction of sp³-hybridized carbons (Fsp3) is 0.733. The second kappa shape index (κ2) is 22.0. The smallest absolute Gasteiger partial charge is 0.355 e. The summed E-state index contributed by atoms with van der Waals surface area (Å²) in [6.45, 7) is -0.813. The van der Waals surface area contributed by atoms with E-state index in [2.05, 4.69) is 31.7 Å². The molecule has 0 saturated heterocycles. The van der Waals surface area contributed by atoms with Crippen molar-refractivity contribution in [1.29, 1.82) is 10.8 Å². The molecule has 25 nitrogen and oxygen atoms in total. The molecule has 26 heteroatoms. The minimum Gasteiger partial charge on any atom is -0.481 e. The van der Waals surface area contributed by atoms with Crippen molar-refractivity contribution in [2.24, 2.45) is 35.1 Å². The lowest BCUT2D eigenvalue weighted by Gasteiger charge is -2.37. The van der Waals surface area contributed by atoms with Gasteiger partial charge in [0.05, 0.1) is 48.8 Å². The van der Waals surface area contributed by atoms with Gasteiger partial charge in [0, 0.05) is 44.4 Å². The predicted molar refractivity (Wildman–Crippen MR) is 191 cm³/mol. The fourth-order valence-corrected chi connectivity index (χ4v) is 7.35. The molecule has 316 valence electrons. The van der Waals surface area contributed by atoms with Gasteiger partial charge < -0.3 is 88.4 Å². The second-order valence-corrected chi connectivity index (χ2v) is 13.5. The van der Waals surface area contributed by atoms with Gasteiger partial charge in [-0.25, -0.2) is 0 Å². The number of nitrogens with one attached hydrogen (secondary N) is 8. The zero-order chi connectivity index (χ0) is 42.4. The number of ether oxygens (including phenoxy) is 2. The number of rotatable bonds is 22. The predicted octanol–water partition coefficient (Wildman–Crippen LogP) is -8.13. The summed E-state index contributed by atoms with van der Waals surface area (Å²) in [7, 11) is -0.542. The van der Waals surface area contributed by atoms with E-state index in [-0.39, 0.29) is 19.3 Å². The fourth-order valence-electron chi connectivity index (χ4n) is 7.35. The molecule has 0 radical (unpaired) electrons. The molecule has 0 aromatic heterocycles. The van der Waals surface area contributed by atoms with Crippen LogP contribution in [0, 0.1) is 34.5 Å². The van der Waals surface area contributed by atoms with Gasteiger partial charge in [0.1, 0.15) is 25.4 Å². The Kier molecular flexibility index (Phi) is 18.6. The normalized spacial score (nSPS) is 27.0. The summed E-state index contributed by atoms with van der Waals surface area (Å²) in [5.74, 6) is -12.0. The molecule has 56 heavy (non-hydrogen) atoms. The van der Waals surface area contributed by atoms with Gasteiger partial charge in [-0.1, -0.05) is 0 Å². The van der Waals surface area contributed by atoms with E-state index in [1.165, 1.54) is 0 Å². The number of hydrogen-bond acceptors (Lipinski definition) is 15. The number of carboxylic acids is 2. The van der Waals surface area contributed by atoms with Gasteiger partial charge in [-0.05, 0) is 19.3 Å². The van der Waals surface area contributed by atoms with Crippen molar-refractivity contribution >= 4 is 55.0 Å². The first-order valence-corrected chi connectivity index (χ1v) is 17.5. The third-order valence-corrected chi connectivity index (χ3v) is 9.56. The molecule has 0 aromatic carbocycles. The molecule has 0 aliphatic heterocycles. The van der Waals surface area contributed by atoms with Crippen LogP contribution in [0.15, 0.2) is 0 Å². The Balaban J connectivity index is 2.17. The van der Waals surface area contributed by atoms with E-state index < -0.39 is 160 Å². The molecule has 0 aromatic rings. The van der Waals surface area contributed by atoms with Crippen molar-refractivity contribution < 1.29 is 74.0 Å². The monoisotopic (exact) mass is 804 g/mol. The van der Waals surface area contributed by atoms with Gasteiger partial charge in [-0.2, -0.15) is 0 Å². The van der Waals surface area contributed by atoms with E-state index in [9.17, 15) is 64.5 Å². The molecule has 4 amide bonds. The summed E-state index contributed by atoms with van der Waals surface area (Å²) in [5.41, 5.74) is 11.0. The summed E-state index contributed by atoms with van der Waals surface area (Å²) in [4.78, 5) is 74.2. The lowest BCUT2D eigenvalue weighted by atomic mass is 9.85. The second-order valence-electron chi connectivity index (χ2n) is 13.5. The van der Waals surface area contributed by atoms with Crippen LogP contribution in [0.1, 0.15) is 33.1 Å². The van der Waals surface area contributed by atoms with Crippen molar-refractivity contribution in [2.45, 2.75) is 87.8 Å². The molecule has 19 N–H and O–H groups in total. The Morgan fingerprint density at radius 1 is 0.732 bits per heavy atom. The zero-order valence-electron chi connectivity index (χ0n) is 30.7. The molecule has 2 saturated carbocycles. The molecular weight excluding hydrogens is 751 g/mol. The quantitative estimate of drug-likeness (QED) is 0.0274. The molecule has 2 aliphatic rings. The third-order valence-electron chi connectivity index (χ3n) is 9.56. The number of amides is 4. The summed E-state index contributed by atoms with van der Waals surface area (Å²) in [5, 5.41) is 101. The number of aliphatic hydroxyl groups is 5. The maximum atomic E-state index is 12.8. The van der Waals surface area contributed by atoms with Gasteiger partial charge >= 0.3 is 19.5 Å². The number of hydrogen-bond donors (Lipinski definition) is 17. The number of aliphatic hydroxyl groups excluding tert-OH is 5. The minimum atomic E-state index is -1.86. The topological polar surface area (TPSA) is 434 Å². The average Bonchev–Trinajstić information content (AvgIpc) is 3.63. The highest BCUT2D eigenvalue weighted by Crippen LogP contribution is 2.39. The SMILES string of the molecule is CC(=O)N[C@H]([C@@H](O)[C@@H](O)CO)[C@@H]1[C@H](OCC(=O)NBNC(=O)CO[C@H]2[C@@H]([C@H](NC(C)=O)[C@@H](O)CCO)[C@H](NC(=N)N)C[C@@H]2C(=O)O)[C@@H](C(=O)O)C[C@H]1NC(=N)N. The van der Waals surface area contributed by atoms with Crippen molar-refractivity contribution in [2.75, 3.05) is 26.4 Å². The van der Waals surface area contributed by atoms with E-state index in [0.717, 1.165) is 13.8 Å². The number of nitrogens with two attached hydrogens (primary N) is 2. The van der Waals surface area contributed by atoms with Crippen molar-refractivity contribution in [3.63, 3.8) is 0 Å². The largest absolute Gasteiger partial charge is 0.481 e. The molecule has 0 bridgehead atoms. The number of aliphatic carboxylic acids is 2. The van der Waals surface area contributed by atoms with Crippen molar-refractivity contribution in [3.05, 3.63) is 0 Å². The average molecular weight is 805 g/mol. The van der Waals surface area contributed by atoms with Crippen LogP contribution < -0.4 is 43.2 Å². The summed E-state index contributed by atoms with van der Waals surface area (Å²) >= 11 is 0. The Hall–Kier alpha value is -4.86. The molecule has 13 atom stereocenters. The van der Waals surface area contributed by atoms with Gasteiger partial charge in [0.25, 0.3) is 0 Å². The van der Waals surface area contributed by atoms with E-state index in [0.29, 0.717) is 0 Å². The van der Waals surface area contributed by atoms with E-state index >= 15 is 0 Å². The van der Waals surface area contributed by atoms with E-state index in [4.69, 9.17) is 31.8 Å². The van der Waals surface area contributed by atoms with Crippen molar-refractivity contribution in [1.82, 2.24) is 31.7 Å². The Bertz CT molecular complexity index is 1430. The highest BCUT2D eigenvalue weighted by molar-refractivity contribution is 6.38. The first kappa shape index (κ1) is 47.3.